The summed E-state index contributed by atoms with van der Waals surface area (Å²) in [7, 11) is 0. The molecule has 0 saturated carbocycles. The van der Waals surface area contributed by atoms with E-state index in [0.29, 0.717) is 19.5 Å². The highest BCUT2D eigenvalue weighted by molar-refractivity contribution is 9.10. The molecule has 6 heteroatoms. The number of rotatable bonds is 6. The maximum Gasteiger partial charge on any atom is 0.224 e. The van der Waals surface area contributed by atoms with Crippen LogP contribution in [0.2, 0.25) is 0 Å². The van der Waals surface area contributed by atoms with Gasteiger partial charge in [0, 0.05) is 11.0 Å². The zero-order chi connectivity index (χ0) is 16.8. The molecule has 0 aliphatic heterocycles. The Morgan fingerprint density at radius 2 is 1.67 bits per heavy atom. The first-order chi connectivity index (χ1) is 11.7. The van der Waals surface area contributed by atoms with Crippen LogP contribution in [0.25, 0.3) is 0 Å². The molecular weight excluding hydrogens is 368 g/mol. The minimum Gasteiger partial charge on any atom is -0.352 e. The number of aromatic nitrogens is 3. The Morgan fingerprint density at radius 3 is 2.33 bits per heavy atom. The Labute approximate surface area is 148 Å². The largest absolute Gasteiger partial charge is 0.352 e. The van der Waals surface area contributed by atoms with Crippen LogP contribution in [0.1, 0.15) is 16.7 Å². The second-order valence-corrected chi connectivity index (χ2v) is 6.41. The van der Waals surface area contributed by atoms with E-state index in [0.717, 1.165) is 21.2 Å². The lowest BCUT2D eigenvalue weighted by Crippen LogP contribution is -2.24. The van der Waals surface area contributed by atoms with Gasteiger partial charge in [-0.1, -0.05) is 52.3 Å². The fourth-order valence-corrected chi connectivity index (χ4v) is 2.58. The van der Waals surface area contributed by atoms with Gasteiger partial charge >= 0.3 is 0 Å². The number of carbonyl (C=O) groups excluding carboxylic acids is 1. The normalized spacial score (nSPS) is 10.5. The molecule has 1 N–H and O–H groups in total. The van der Waals surface area contributed by atoms with E-state index in [4.69, 9.17) is 0 Å². The highest BCUT2D eigenvalue weighted by Gasteiger charge is 2.04. The Kier molecular flexibility index (Phi) is 5.38. The average Bonchev–Trinajstić information content (AvgIpc) is 3.09. The van der Waals surface area contributed by atoms with Crippen LogP contribution in [0.5, 0.6) is 0 Å². The number of hydrogen-bond donors (Lipinski definition) is 1. The number of nitrogens with zero attached hydrogens (tertiary/aromatic N) is 3. The molecule has 24 heavy (non-hydrogen) atoms. The molecule has 3 aromatic rings. The van der Waals surface area contributed by atoms with Crippen molar-refractivity contribution < 1.29 is 4.79 Å². The summed E-state index contributed by atoms with van der Waals surface area (Å²) in [5.41, 5.74) is 3.21. The Bertz CT molecular complexity index is 783. The minimum absolute atomic E-state index is 0.0176. The lowest BCUT2D eigenvalue weighted by atomic mass is 10.1. The molecule has 0 aliphatic carbocycles. The van der Waals surface area contributed by atoms with Gasteiger partial charge in [-0.2, -0.15) is 5.10 Å². The maximum absolute atomic E-state index is 12.0. The van der Waals surface area contributed by atoms with Crippen molar-refractivity contribution in [2.75, 3.05) is 0 Å². The molecule has 0 atom stereocenters. The van der Waals surface area contributed by atoms with E-state index in [1.54, 1.807) is 11.0 Å². The third-order valence-electron chi connectivity index (χ3n) is 3.60. The van der Waals surface area contributed by atoms with Crippen molar-refractivity contribution in [2.45, 2.75) is 19.5 Å². The summed E-state index contributed by atoms with van der Waals surface area (Å²) < 4.78 is 2.78. The van der Waals surface area contributed by atoms with E-state index in [-0.39, 0.29) is 5.91 Å². The average molecular weight is 385 g/mol. The Balaban J connectivity index is 1.49. The van der Waals surface area contributed by atoms with Crippen molar-refractivity contribution in [3.63, 3.8) is 0 Å². The van der Waals surface area contributed by atoms with Crippen molar-refractivity contribution >= 4 is 21.8 Å². The Morgan fingerprint density at radius 1 is 1.00 bits per heavy atom. The first kappa shape index (κ1) is 16.4. The summed E-state index contributed by atoms with van der Waals surface area (Å²) >= 11 is 3.39. The van der Waals surface area contributed by atoms with Crippen LogP contribution in [-0.4, -0.2) is 20.7 Å². The topological polar surface area (TPSA) is 59.8 Å². The van der Waals surface area contributed by atoms with Gasteiger partial charge in [0.05, 0.1) is 13.0 Å². The Hall–Kier alpha value is -2.47. The molecule has 1 amide bonds. The van der Waals surface area contributed by atoms with Gasteiger partial charge in [-0.3, -0.25) is 4.79 Å². The fourth-order valence-electron chi connectivity index (χ4n) is 2.31. The second-order valence-electron chi connectivity index (χ2n) is 5.49. The predicted molar refractivity (Wildman–Crippen MR) is 95.3 cm³/mol. The lowest BCUT2D eigenvalue weighted by molar-refractivity contribution is -0.120. The monoisotopic (exact) mass is 384 g/mol. The van der Waals surface area contributed by atoms with Crippen molar-refractivity contribution in [2.24, 2.45) is 0 Å². The van der Waals surface area contributed by atoms with E-state index in [1.807, 2.05) is 48.5 Å². The number of nitrogens with one attached hydrogen (secondary N) is 1. The van der Waals surface area contributed by atoms with Gasteiger partial charge in [0.25, 0.3) is 0 Å². The van der Waals surface area contributed by atoms with Crippen molar-refractivity contribution in [1.29, 1.82) is 0 Å². The van der Waals surface area contributed by atoms with E-state index >= 15 is 0 Å². The zero-order valence-corrected chi connectivity index (χ0v) is 14.6. The molecule has 5 nitrogen and oxygen atoms in total. The summed E-state index contributed by atoms with van der Waals surface area (Å²) in [5.74, 6) is 0.0176. The van der Waals surface area contributed by atoms with E-state index in [2.05, 4.69) is 31.3 Å². The summed E-state index contributed by atoms with van der Waals surface area (Å²) in [4.78, 5) is 15.9. The molecule has 0 bridgehead atoms. The summed E-state index contributed by atoms with van der Waals surface area (Å²) in [5, 5.41) is 7.03. The summed E-state index contributed by atoms with van der Waals surface area (Å²) in [6.45, 7) is 1.22. The van der Waals surface area contributed by atoms with Crippen LogP contribution in [0.3, 0.4) is 0 Å². The molecule has 2 aromatic carbocycles. The van der Waals surface area contributed by atoms with Gasteiger partial charge in [0.1, 0.15) is 12.7 Å². The van der Waals surface area contributed by atoms with Crippen LogP contribution in [0.4, 0.5) is 0 Å². The highest BCUT2D eigenvalue weighted by Crippen LogP contribution is 2.11. The van der Waals surface area contributed by atoms with E-state index in [9.17, 15) is 4.79 Å². The SMILES string of the molecule is O=C(Cc1ccc(Br)cc1)NCc1ccc(Cn2cncn2)cc1. The van der Waals surface area contributed by atoms with Crippen molar-refractivity contribution in [3.8, 4) is 0 Å². The molecule has 0 unspecified atom stereocenters. The van der Waals surface area contributed by atoms with Gasteiger partial charge in [0.15, 0.2) is 0 Å². The van der Waals surface area contributed by atoms with Gasteiger partial charge in [-0.15, -0.1) is 0 Å². The standard InChI is InChI=1S/C18H17BrN4O/c19-17-7-5-14(6-8-17)9-18(24)21-10-15-1-3-16(4-2-15)11-23-13-20-12-22-23/h1-8,12-13H,9-11H2,(H,21,24). The van der Waals surface area contributed by atoms with Crippen LogP contribution in [-0.2, 0) is 24.3 Å². The van der Waals surface area contributed by atoms with Crippen LogP contribution in [0, 0.1) is 0 Å². The molecular formula is C18H17BrN4O. The summed E-state index contributed by atoms with van der Waals surface area (Å²) in [6, 6.07) is 15.9. The molecule has 0 radical (unpaired) electrons. The molecule has 3 rings (SSSR count). The number of benzene rings is 2. The van der Waals surface area contributed by atoms with Crippen LogP contribution >= 0.6 is 15.9 Å². The number of amides is 1. The van der Waals surface area contributed by atoms with E-state index < -0.39 is 0 Å². The molecule has 0 saturated heterocycles. The zero-order valence-electron chi connectivity index (χ0n) is 13.0. The second kappa shape index (κ2) is 7.88. The third-order valence-corrected chi connectivity index (χ3v) is 4.13. The first-order valence-electron chi connectivity index (χ1n) is 7.60. The minimum atomic E-state index is 0.0176. The smallest absolute Gasteiger partial charge is 0.224 e. The van der Waals surface area contributed by atoms with Crippen LogP contribution in [0.15, 0.2) is 65.7 Å². The van der Waals surface area contributed by atoms with Gasteiger partial charge in [-0.05, 0) is 28.8 Å². The highest BCUT2D eigenvalue weighted by atomic mass is 79.9. The molecule has 1 heterocycles. The van der Waals surface area contributed by atoms with Gasteiger partial charge in [0.2, 0.25) is 5.91 Å². The molecule has 0 aliphatic rings. The van der Waals surface area contributed by atoms with Gasteiger partial charge in [-0.25, -0.2) is 9.67 Å². The third kappa shape index (κ3) is 4.76. The predicted octanol–water partition coefficient (Wildman–Crippen LogP) is 2.95. The van der Waals surface area contributed by atoms with Gasteiger partial charge < -0.3 is 5.32 Å². The van der Waals surface area contributed by atoms with Crippen molar-refractivity contribution in [3.05, 3.63) is 82.3 Å². The number of hydrogen-bond acceptors (Lipinski definition) is 3. The fraction of sp³-hybridized carbons (Fsp3) is 0.167. The molecule has 0 fully saturated rings. The number of halogens is 1. The lowest BCUT2D eigenvalue weighted by Gasteiger charge is -2.07. The maximum atomic E-state index is 12.0. The molecule has 122 valence electrons. The number of carbonyl (C=O) groups is 1. The molecule has 0 spiro atoms. The van der Waals surface area contributed by atoms with E-state index in [1.165, 1.54) is 6.33 Å². The van der Waals surface area contributed by atoms with Crippen LogP contribution < -0.4 is 5.32 Å². The summed E-state index contributed by atoms with van der Waals surface area (Å²) in [6.07, 6.45) is 3.60. The quantitative estimate of drug-likeness (QED) is 0.710. The first-order valence-corrected chi connectivity index (χ1v) is 8.40. The molecule has 1 aromatic heterocycles. The van der Waals surface area contributed by atoms with Crippen molar-refractivity contribution in [1.82, 2.24) is 20.1 Å².